The number of hydrogen-bond acceptors (Lipinski definition) is 20. The molecule has 2 bridgehead atoms. The fourth-order valence-corrected chi connectivity index (χ4v) is 7.43. The molecule has 4 aromatic heterocycles. The highest BCUT2D eigenvalue weighted by Crippen LogP contribution is 2.55. The lowest BCUT2D eigenvalue weighted by molar-refractivity contribution is -0.237. The Morgan fingerprint density at radius 2 is 1.63 bits per heavy atom. The average molecular weight is 687 g/mol. The lowest BCUT2D eigenvalue weighted by atomic mass is 10.1. The predicted octanol–water partition coefficient (Wildman–Crippen LogP) is -2.32. The molecule has 23 nitrogen and oxygen atoms in total. The van der Waals surface area contributed by atoms with Crippen LogP contribution in [0.2, 0.25) is 0 Å². The molecule has 4 aromatic rings. The minimum Gasteiger partial charge on any atom is -0.756 e. The Kier molecular flexibility index (Phi) is 7.70. The lowest BCUT2D eigenvalue weighted by Crippen LogP contribution is -2.37. The molecule has 10 atom stereocenters. The van der Waals surface area contributed by atoms with E-state index in [2.05, 4.69) is 29.9 Å². The molecule has 2 unspecified atom stereocenters. The van der Waals surface area contributed by atoms with Gasteiger partial charge in [0, 0.05) is 7.11 Å². The molecule has 46 heavy (non-hydrogen) atoms. The number of aromatic nitrogens is 8. The van der Waals surface area contributed by atoms with Gasteiger partial charge in [-0.15, -0.1) is 0 Å². The molecule has 0 spiro atoms. The van der Waals surface area contributed by atoms with Crippen LogP contribution in [-0.2, 0) is 41.2 Å². The Hall–Kier alpha value is -3.44. The molecule has 0 saturated carbocycles. The van der Waals surface area contributed by atoms with Crippen LogP contribution in [0.5, 0.6) is 0 Å². The summed E-state index contributed by atoms with van der Waals surface area (Å²) >= 11 is 0. The summed E-state index contributed by atoms with van der Waals surface area (Å²) in [5.74, 6) is -0.230. The first-order valence-electron chi connectivity index (χ1n) is 13.3. The molecule has 7 N–H and O–H groups in total. The highest BCUT2D eigenvalue weighted by molar-refractivity contribution is 7.48. The van der Waals surface area contributed by atoms with E-state index < -0.39 is 83.5 Å². The van der Waals surface area contributed by atoms with Gasteiger partial charge in [-0.2, -0.15) is 4.98 Å². The fourth-order valence-electron chi connectivity index (χ4n) is 5.38. The monoisotopic (exact) mass is 687 g/mol. The maximum absolute atomic E-state index is 13.6. The third-order valence-electron chi connectivity index (χ3n) is 7.53. The zero-order valence-electron chi connectivity index (χ0n) is 23.3. The molecular formula is C21H25N10O13P2-. The van der Waals surface area contributed by atoms with Crippen LogP contribution in [0.25, 0.3) is 22.3 Å². The van der Waals surface area contributed by atoms with Crippen LogP contribution in [0.3, 0.4) is 0 Å². The van der Waals surface area contributed by atoms with E-state index in [9.17, 15) is 29.0 Å². The van der Waals surface area contributed by atoms with E-state index in [-0.39, 0.29) is 34.1 Å². The third-order valence-corrected chi connectivity index (χ3v) is 9.91. The summed E-state index contributed by atoms with van der Waals surface area (Å²) in [5, 5.41) is 22.3. The molecule has 248 valence electrons. The number of nitrogens with zero attached hydrogens (tertiary/aromatic N) is 7. The van der Waals surface area contributed by atoms with Gasteiger partial charge in [-0.05, 0) is 0 Å². The molecule has 7 rings (SSSR count). The van der Waals surface area contributed by atoms with Gasteiger partial charge in [-0.1, -0.05) is 0 Å². The highest BCUT2D eigenvalue weighted by atomic mass is 31.2. The van der Waals surface area contributed by atoms with Crippen molar-refractivity contribution >= 4 is 49.7 Å². The maximum Gasteiger partial charge on any atom is 0.475 e. The van der Waals surface area contributed by atoms with Crippen molar-refractivity contribution in [3.63, 3.8) is 0 Å². The molecular weight excluding hydrogens is 662 g/mol. The first-order valence-corrected chi connectivity index (χ1v) is 16.3. The van der Waals surface area contributed by atoms with Crippen molar-refractivity contribution in [1.29, 1.82) is 0 Å². The molecule has 0 aliphatic carbocycles. The minimum atomic E-state index is -5.34. The molecule has 3 saturated heterocycles. The number of hydrogen-bond donors (Lipinski definition) is 5. The number of nitrogens with two attached hydrogens (primary N) is 2. The van der Waals surface area contributed by atoms with Crippen LogP contribution in [0.1, 0.15) is 12.5 Å². The van der Waals surface area contributed by atoms with E-state index in [1.165, 1.54) is 10.9 Å². The molecule has 0 amide bonds. The fraction of sp³-hybridized carbons (Fsp3) is 0.524. The van der Waals surface area contributed by atoms with Gasteiger partial charge >= 0.3 is 7.82 Å². The van der Waals surface area contributed by atoms with Crippen LogP contribution >= 0.6 is 15.6 Å². The summed E-state index contributed by atoms with van der Waals surface area (Å²) in [4.78, 5) is 47.8. The van der Waals surface area contributed by atoms with Crippen LogP contribution in [0.15, 0.2) is 23.8 Å². The van der Waals surface area contributed by atoms with E-state index in [1.54, 1.807) is 0 Å². The summed E-state index contributed by atoms with van der Waals surface area (Å²) < 4.78 is 67.4. The summed E-state index contributed by atoms with van der Waals surface area (Å²) in [6.07, 6.45) is -8.87. The van der Waals surface area contributed by atoms with E-state index >= 15 is 0 Å². The molecule has 3 fully saturated rings. The van der Waals surface area contributed by atoms with Gasteiger partial charge in [0.05, 0.1) is 25.9 Å². The SMILES string of the molecule is COP1(=O)OC[C@H]2O[C@@H](n3cnc4c(=O)[nH]c(N)nc43)[C@H](OP(=O)([O-])OC[C@H]3O[C@@H](n4cnc5c(N)ncnc54)[C@H](O)[C@@H]3O1)[C@@H]2O. The number of nitrogens with one attached hydrogen (secondary N) is 1. The Labute approximate surface area is 255 Å². The van der Waals surface area contributed by atoms with E-state index in [4.69, 9.17) is 43.6 Å². The normalized spacial score (nSPS) is 37.1. The number of ether oxygens (including phenoxy) is 2. The average Bonchev–Trinajstić information content (AvgIpc) is 3.77. The molecule has 25 heteroatoms. The van der Waals surface area contributed by atoms with Gasteiger partial charge < -0.3 is 45.1 Å². The first kappa shape index (κ1) is 31.2. The van der Waals surface area contributed by atoms with Crippen LogP contribution in [0.4, 0.5) is 11.8 Å². The van der Waals surface area contributed by atoms with Crippen LogP contribution < -0.4 is 21.9 Å². The van der Waals surface area contributed by atoms with E-state index in [0.717, 1.165) is 24.3 Å². The van der Waals surface area contributed by atoms with Crippen molar-refractivity contribution < 1.29 is 56.3 Å². The number of imidazole rings is 2. The Morgan fingerprint density at radius 3 is 2.39 bits per heavy atom. The van der Waals surface area contributed by atoms with Crippen molar-refractivity contribution in [2.45, 2.75) is 49.1 Å². The van der Waals surface area contributed by atoms with Crippen molar-refractivity contribution in [1.82, 2.24) is 39.0 Å². The number of H-pyrrole nitrogens is 1. The van der Waals surface area contributed by atoms with Crippen LogP contribution in [-0.4, -0.2) is 106 Å². The van der Waals surface area contributed by atoms with Crippen LogP contribution in [0, 0.1) is 0 Å². The third kappa shape index (κ3) is 5.29. The lowest BCUT2D eigenvalue weighted by Gasteiger charge is -2.31. The van der Waals surface area contributed by atoms with Crippen molar-refractivity contribution in [2.75, 3.05) is 31.8 Å². The summed E-state index contributed by atoms with van der Waals surface area (Å²) in [6, 6.07) is 0. The zero-order valence-corrected chi connectivity index (χ0v) is 25.1. The molecule has 3 aliphatic rings. The molecule has 3 aliphatic heterocycles. The number of phosphoric acid groups is 2. The number of rotatable bonds is 3. The quantitative estimate of drug-likeness (QED) is 0.141. The number of aliphatic hydroxyl groups is 2. The number of aliphatic hydroxyl groups excluding tert-OH is 2. The van der Waals surface area contributed by atoms with Crippen molar-refractivity contribution in [3.05, 3.63) is 29.3 Å². The van der Waals surface area contributed by atoms with Gasteiger partial charge in [-0.3, -0.25) is 37.0 Å². The smallest absolute Gasteiger partial charge is 0.475 e. The number of phosphoric ester groups is 2. The number of anilines is 2. The highest BCUT2D eigenvalue weighted by Gasteiger charge is 2.53. The van der Waals surface area contributed by atoms with Gasteiger partial charge in [0.2, 0.25) is 5.95 Å². The minimum absolute atomic E-state index is 0.0483. The second-order valence-corrected chi connectivity index (χ2v) is 13.4. The van der Waals surface area contributed by atoms with Gasteiger partial charge in [0.1, 0.15) is 48.5 Å². The first-order chi connectivity index (χ1) is 21.9. The summed E-state index contributed by atoms with van der Waals surface area (Å²) in [6.45, 7) is -1.54. The van der Waals surface area contributed by atoms with E-state index in [0.29, 0.717) is 0 Å². The number of aromatic amines is 1. The summed E-state index contributed by atoms with van der Waals surface area (Å²) in [5.41, 5.74) is 10.9. The number of fused-ring (bicyclic) bond motifs is 5. The van der Waals surface area contributed by atoms with Crippen molar-refractivity contribution in [3.8, 4) is 0 Å². The van der Waals surface area contributed by atoms with Gasteiger partial charge in [-0.25, -0.2) is 24.5 Å². The van der Waals surface area contributed by atoms with Gasteiger partial charge in [0.25, 0.3) is 13.4 Å². The standard InChI is InChI=1S/C21H26N10O13P2/c1-38-46(37)40-2-7-11(32)14(20(41-7)31-6-27-10-17(31)28-21(23)29-18(10)34)43-45(35,36)39-3-8-13(44-46)12(33)19(42-8)30-5-26-9-15(22)24-4-25-16(9)30/h4-8,11-14,19-20,32-33H,2-3H2,1H3,(H,35,36)(H2,22,24,25)(H3,23,28,29,34)/p-1/t7-,8-,11-,12-,13-,14-,19-,20-,46?/m1/s1. The summed E-state index contributed by atoms with van der Waals surface area (Å²) in [7, 11) is -8.92. The molecule has 0 aromatic carbocycles. The Bertz CT molecular complexity index is 1950. The predicted molar refractivity (Wildman–Crippen MR) is 146 cm³/mol. The van der Waals surface area contributed by atoms with Gasteiger partial charge in [0.15, 0.2) is 35.1 Å². The zero-order chi connectivity index (χ0) is 32.5. The Balaban J connectivity index is 1.22. The molecule has 0 radical (unpaired) electrons. The Morgan fingerprint density at radius 1 is 0.935 bits per heavy atom. The topological polar surface area (TPSA) is 321 Å². The van der Waals surface area contributed by atoms with E-state index in [1.807, 2.05) is 0 Å². The van der Waals surface area contributed by atoms with Crippen molar-refractivity contribution in [2.24, 2.45) is 0 Å². The second-order valence-electron chi connectivity index (χ2n) is 10.3. The largest absolute Gasteiger partial charge is 0.756 e. The number of nitrogen functional groups attached to an aromatic ring is 2. The second kappa shape index (κ2) is 11.4. The maximum atomic E-state index is 13.6. The molecule has 7 heterocycles.